The third-order valence-corrected chi connectivity index (χ3v) is 3.70. The number of nitro groups is 1. The van der Waals surface area contributed by atoms with Crippen molar-refractivity contribution in [1.29, 1.82) is 0 Å². The molecular weight excluding hydrogens is 330 g/mol. The number of nitrogens with zero attached hydrogens (tertiary/aromatic N) is 3. The third-order valence-electron chi connectivity index (χ3n) is 3.46. The Kier molecular flexibility index (Phi) is 4.39. The fourth-order valence-electron chi connectivity index (χ4n) is 2.28. The maximum atomic E-state index is 12.0. The highest BCUT2D eigenvalue weighted by molar-refractivity contribution is 6.30. The maximum absolute atomic E-state index is 12.0. The van der Waals surface area contributed by atoms with Crippen molar-refractivity contribution in [1.82, 2.24) is 9.78 Å². The van der Waals surface area contributed by atoms with E-state index in [9.17, 15) is 14.9 Å². The fraction of sp³-hybridized carbons (Fsp3) is 0.0588. The van der Waals surface area contributed by atoms with Crippen molar-refractivity contribution in [2.24, 2.45) is 0 Å². The van der Waals surface area contributed by atoms with E-state index in [1.165, 1.54) is 22.9 Å². The number of benzene rings is 2. The number of nitro benzene ring substituents is 1. The van der Waals surface area contributed by atoms with Crippen LogP contribution in [0.3, 0.4) is 0 Å². The summed E-state index contributed by atoms with van der Waals surface area (Å²) in [4.78, 5) is 22.3. The van der Waals surface area contributed by atoms with E-state index in [0.717, 1.165) is 5.56 Å². The lowest BCUT2D eigenvalue weighted by Gasteiger charge is -2.07. The molecule has 0 N–H and O–H groups in total. The first-order chi connectivity index (χ1) is 11.5. The van der Waals surface area contributed by atoms with Crippen LogP contribution in [0.5, 0.6) is 0 Å². The van der Waals surface area contributed by atoms with Gasteiger partial charge >= 0.3 is 0 Å². The molecule has 0 aliphatic heterocycles. The largest absolute Gasteiger partial charge is 0.269 e. The Bertz CT molecular complexity index is 952. The number of hydrogen-bond acceptors (Lipinski definition) is 4. The average molecular weight is 342 g/mol. The number of hydrogen-bond donors (Lipinski definition) is 0. The van der Waals surface area contributed by atoms with Gasteiger partial charge in [0, 0.05) is 28.8 Å². The van der Waals surface area contributed by atoms with Gasteiger partial charge in [0.05, 0.1) is 17.2 Å². The Labute approximate surface area is 142 Å². The topological polar surface area (TPSA) is 78.0 Å². The summed E-state index contributed by atoms with van der Waals surface area (Å²) in [5.41, 5.74) is 1.89. The summed E-state index contributed by atoms with van der Waals surface area (Å²) in [5.74, 6) is 0. The molecule has 2 aromatic carbocycles. The van der Waals surface area contributed by atoms with Crippen molar-refractivity contribution in [2.75, 3.05) is 0 Å². The van der Waals surface area contributed by atoms with Crippen LogP contribution >= 0.6 is 11.6 Å². The number of halogens is 1. The molecule has 3 aromatic rings. The summed E-state index contributed by atoms with van der Waals surface area (Å²) in [5, 5.41) is 15.6. The van der Waals surface area contributed by atoms with Crippen molar-refractivity contribution >= 4 is 17.3 Å². The number of aromatic nitrogens is 2. The van der Waals surface area contributed by atoms with E-state index in [1.54, 1.807) is 30.3 Å². The normalized spacial score (nSPS) is 10.5. The van der Waals surface area contributed by atoms with Gasteiger partial charge in [-0.25, -0.2) is 4.68 Å². The second-order valence-electron chi connectivity index (χ2n) is 5.15. The molecule has 0 aliphatic carbocycles. The molecule has 24 heavy (non-hydrogen) atoms. The maximum Gasteiger partial charge on any atom is 0.269 e. The van der Waals surface area contributed by atoms with Crippen LogP contribution in [-0.4, -0.2) is 14.7 Å². The highest BCUT2D eigenvalue weighted by Crippen LogP contribution is 2.20. The van der Waals surface area contributed by atoms with Crippen molar-refractivity contribution in [3.63, 3.8) is 0 Å². The lowest BCUT2D eigenvalue weighted by atomic mass is 10.1. The van der Waals surface area contributed by atoms with Crippen molar-refractivity contribution in [3.8, 4) is 11.3 Å². The summed E-state index contributed by atoms with van der Waals surface area (Å²) in [6.07, 6.45) is 0. The summed E-state index contributed by atoms with van der Waals surface area (Å²) in [6.45, 7) is 0.292. The monoisotopic (exact) mass is 341 g/mol. The zero-order chi connectivity index (χ0) is 17.1. The van der Waals surface area contributed by atoms with Gasteiger partial charge in [-0.3, -0.25) is 14.9 Å². The van der Waals surface area contributed by atoms with Gasteiger partial charge < -0.3 is 0 Å². The van der Waals surface area contributed by atoms with Gasteiger partial charge in [0.2, 0.25) is 0 Å². The predicted octanol–water partition coefficient (Wildman–Crippen LogP) is 3.52. The zero-order valence-corrected chi connectivity index (χ0v) is 13.2. The Morgan fingerprint density at radius 2 is 1.83 bits per heavy atom. The molecule has 1 aromatic heterocycles. The van der Waals surface area contributed by atoms with E-state index in [1.807, 2.05) is 12.1 Å². The summed E-state index contributed by atoms with van der Waals surface area (Å²) in [7, 11) is 0. The van der Waals surface area contributed by atoms with Crippen LogP contribution in [0, 0.1) is 10.1 Å². The van der Waals surface area contributed by atoms with Gasteiger partial charge in [0.1, 0.15) is 0 Å². The molecule has 120 valence electrons. The minimum atomic E-state index is -0.461. The molecule has 1 heterocycles. The van der Waals surface area contributed by atoms with E-state index in [-0.39, 0.29) is 11.2 Å². The zero-order valence-electron chi connectivity index (χ0n) is 12.4. The molecule has 0 saturated heterocycles. The van der Waals surface area contributed by atoms with Gasteiger partial charge in [0.25, 0.3) is 11.2 Å². The number of non-ortho nitro benzene ring substituents is 1. The van der Waals surface area contributed by atoms with E-state index >= 15 is 0 Å². The van der Waals surface area contributed by atoms with Crippen molar-refractivity contribution < 1.29 is 4.92 Å². The van der Waals surface area contributed by atoms with Crippen LogP contribution < -0.4 is 5.56 Å². The molecule has 3 rings (SSSR count). The van der Waals surface area contributed by atoms with Crippen LogP contribution in [0.15, 0.2) is 65.5 Å². The van der Waals surface area contributed by atoms with Crippen LogP contribution in [0.2, 0.25) is 5.02 Å². The van der Waals surface area contributed by atoms with Gasteiger partial charge in [-0.1, -0.05) is 23.7 Å². The summed E-state index contributed by atoms with van der Waals surface area (Å²) in [6, 6.07) is 16.2. The Morgan fingerprint density at radius 1 is 1.08 bits per heavy atom. The smallest absolute Gasteiger partial charge is 0.268 e. The molecule has 0 radical (unpaired) electrons. The van der Waals surface area contributed by atoms with Crippen LogP contribution in [0.1, 0.15) is 5.56 Å². The minimum absolute atomic E-state index is 0.00555. The second kappa shape index (κ2) is 6.64. The molecule has 0 atom stereocenters. The standard InChI is InChI=1S/C17H12ClN3O3/c18-14-3-1-2-12(10-14)11-20-17(22)9-8-16(19-20)13-4-6-15(7-5-13)21(23)24/h1-10H,11H2. The molecule has 0 fully saturated rings. The molecule has 6 nitrogen and oxygen atoms in total. The number of rotatable bonds is 4. The Morgan fingerprint density at radius 3 is 2.50 bits per heavy atom. The molecule has 0 bridgehead atoms. The molecule has 0 unspecified atom stereocenters. The first-order valence-electron chi connectivity index (χ1n) is 7.10. The van der Waals surface area contributed by atoms with Crippen LogP contribution in [0.25, 0.3) is 11.3 Å². The van der Waals surface area contributed by atoms with E-state index in [4.69, 9.17) is 11.6 Å². The molecular formula is C17H12ClN3O3. The average Bonchev–Trinajstić information content (AvgIpc) is 2.57. The van der Waals surface area contributed by atoms with Gasteiger partial charge in [-0.05, 0) is 35.9 Å². The quantitative estimate of drug-likeness (QED) is 0.537. The van der Waals surface area contributed by atoms with E-state index < -0.39 is 4.92 Å². The lowest BCUT2D eigenvalue weighted by Crippen LogP contribution is -2.22. The van der Waals surface area contributed by atoms with Gasteiger partial charge in [0.15, 0.2) is 0 Å². The van der Waals surface area contributed by atoms with Gasteiger partial charge in [-0.2, -0.15) is 5.10 Å². The Hall–Kier alpha value is -2.99. The highest BCUT2D eigenvalue weighted by atomic mass is 35.5. The van der Waals surface area contributed by atoms with Crippen LogP contribution in [-0.2, 0) is 6.54 Å². The van der Waals surface area contributed by atoms with Crippen molar-refractivity contribution in [3.05, 3.63) is 91.7 Å². The second-order valence-corrected chi connectivity index (χ2v) is 5.58. The van der Waals surface area contributed by atoms with E-state index in [0.29, 0.717) is 22.8 Å². The fourth-order valence-corrected chi connectivity index (χ4v) is 2.49. The molecule has 0 aliphatic rings. The SMILES string of the molecule is O=c1ccc(-c2ccc([N+](=O)[O-])cc2)nn1Cc1cccc(Cl)c1. The first kappa shape index (κ1) is 15.9. The summed E-state index contributed by atoms with van der Waals surface area (Å²) < 4.78 is 1.34. The Balaban J connectivity index is 1.94. The predicted molar refractivity (Wildman–Crippen MR) is 91.1 cm³/mol. The summed E-state index contributed by atoms with van der Waals surface area (Å²) >= 11 is 5.96. The molecule has 0 spiro atoms. The molecule has 7 heteroatoms. The van der Waals surface area contributed by atoms with E-state index in [2.05, 4.69) is 5.10 Å². The minimum Gasteiger partial charge on any atom is -0.268 e. The third kappa shape index (κ3) is 3.49. The first-order valence-corrected chi connectivity index (χ1v) is 7.48. The van der Waals surface area contributed by atoms with Crippen molar-refractivity contribution in [2.45, 2.75) is 6.54 Å². The van der Waals surface area contributed by atoms with Crippen LogP contribution in [0.4, 0.5) is 5.69 Å². The molecule has 0 saturated carbocycles. The van der Waals surface area contributed by atoms with Gasteiger partial charge in [-0.15, -0.1) is 0 Å². The lowest BCUT2D eigenvalue weighted by molar-refractivity contribution is -0.384. The highest BCUT2D eigenvalue weighted by Gasteiger charge is 2.08. The molecule has 0 amide bonds.